The number of hydrogen-bond donors (Lipinski definition) is 1. The van der Waals surface area contributed by atoms with Crippen LogP contribution in [0.4, 0.5) is 5.69 Å². The van der Waals surface area contributed by atoms with Gasteiger partial charge < -0.3 is 9.88 Å². The number of pyridine rings is 1. The highest BCUT2D eigenvalue weighted by molar-refractivity contribution is 6.05. The molecule has 0 radical (unpaired) electrons. The molecule has 1 N–H and O–H groups in total. The summed E-state index contributed by atoms with van der Waals surface area (Å²) in [5, 5.41) is 8.22. The highest BCUT2D eigenvalue weighted by Crippen LogP contribution is 2.21. The predicted octanol–water partition coefficient (Wildman–Crippen LogP) is 3.63. The number of hydrogen-bond acceptors (Lipinski definition) is 3. The van der Waals surface area contributed by atoms with Gasteiger partial charge in [0.1, 0.15) is 0 Å². The molecule has 1 amide bonds. The van der Waals surface area contributed by atoms with Gasteiger partial charge in [-0.05, 0) is 49.7 Å². The topological polar surface area (TPSA) is 64.7 Å². The molecule has 0 saturated heterocycles. The van der Waals surface area contributed by atoms with E-state index in [0.717, 1.165) is 28.0 Å². The number of anilines is 1. The Hall–Kier alpha value is -3.41. The average Bonchev–Trinajstić information content (AvgIpc) is 3.24. The first-order valence-electron chi connectivity index (χ1n) is 8.37. The van der Waals surface area contributed by atoms with Gasteiger partial charge in [-0.1, -0.05) is 6.07 Å². The van der Waals surface area contributed by atoms with Crippen LogP contribution < -0.4 is 5.32 Å². The fraction of sp³-hybridized carbons (Fsp3) is 0.150. The summed E-state index contributed by atoms with van der Waals surface area (Å²) in [5.74, 6) is -0.166. The minimum Gasteiger partial charge on any atom is -0.324 e. The third-order valence-corrected chi connectivity index (χ3v) is 4.47. The molecule has 0 fully saturated rings. The van der Waals surface area contributed by atoms with E-state index in [0.29, 0.717) is 11.3 Å². The SMILES string of the molecule is Cc1ccc(C(=O)Nc2cnc3c(c2)c(C)nn3C)cc1-n1cccc1. The number of rotatable bonds is 3. The largest absolute Gasteiger partial charge is 0.324 e. The first kappa shape index (κ1) is 16.1. The van der Waals surface area contributed by atoms with E-state index in [1.54, 1.807) is 10.9 Å². The zero-order chi connectivity index (χ0) is 18.3. The third-order valence-electron chi connectivity index (χ3n) is 4.47. The van der Waals surface area contributed by atoms with Crippen molar-refractivity contribution in [1.82, 2.24) is 19.3 Å². The number of benzene rings is 1. The van der Waals surface area contributed by atoms with Crippen molar-refractivity contribution in [2.45, 2.75) is 13.8 Å². The number of aryl methyl sites for hydroxylation is 3. The van der Waals surface area contributed by atoms with E-state index < -0.39 is 0 Å². The van der Waals surface area contributed by atoms with Crippen molar-refractivity contribution in [2.75, 3.05) is 5.32 Å². The molecule has 4 rings (SSSR count). The van der Waals surface area contributed by atoms with Gasteiger partial charge in [-0.3, -0.25) is 9.48 Å². The Kier molecular flexibility index (Phi) is 3.80. The summed E-state index contributed by atoms with van der Waals surface area (Å²) in [6, 6.07) is 11.5. The first-order valence-corrected chi connectivity index (χ1v) is 8.37. The zero-order valence-electron chi connectivity index (χ0n) is 14.9. The molecule has 6 nitrogen and oxygen atoms in total. The van der Waals surface area contributed by atoms with Crippen molar-refractivity contribution < 1.29 is 4.79 Å². The number of amides is 1. The Morgan fingerprint density at radius 1 is 1.12 bits per heavy atom. The van der Waals surface area contributed by atoms with E-state index in [2.05, 4.69) is 15.4 Å². The number of carbonyl (C=O) groups is 1. The van der Waals surface area contributed by atoms with Gasteiger partial charge in [0.2, 0.25) is 0 Å². The molecule has 0 aliphatic rings. The molecule has 0 unspecified atom stereocenters. The Morgan fingerprint density at radius 3 is 2.65 bits per heavy atom. The Morgan fingerprint density at radius 2 is 1.88 bits per heavy atom. The monoisotopic (exact) mass is 345 g/mol. The normalized spacial score (nSPS) is 11.0. The second-order valence-corrected chi connectivity index (χ2v) is 6.35. The van der Waals surface area contributed by atoms with Gasteiger partial charge in [0.25, 0.3) is 5.91 Å². The minimum absolute atomic E-state index is 0.166. The van der Waals surface area contributed by atoms with Crippen molar-refractivity contribution in [3.63, 3.8) is 0 Å². The highest BCUT2D eigenvalue weighted by atomic mass is 16.1. The molecule has 0 bridgehead atoms. The zero-order valence-corrected chi connectivity index (χ0v) is 14.9. The minimum atomic E-state index is -0.166. The van der Waals surface area contributed by atoms with E-state index in [1.807, 2.05) is 74.3 Å². The van der Waals surface area contributed by atoms with Crippen LogP contribution in [0.15, 0.2) is 55.0 Å². The number of carbonyl (C=O) groups excluding carboxylic acids is 1. The van der Waals surface area contributed by atoms with Gasteiger partial charge in [-0.2, -0.15) is 5.10 Å². The maximum atomic E-state index is 12.7. The van der Waals surface area contributed by atoms with Gasteiger partial charge in [-0.25, -0.2) is 4.98 Å². The molecule has 0 aliphatic carbocycles. The average molecular weight is 345 g/mol. The van der Waals surface area contributed by atoms with Crippen molar-refractivity contribution in [1.29, 1.82) is 0 Å². The summed E-state index contributed by atoms with van der Waals surface area (Å²) in [5.41, 5.74) is 5.03. The fourth-order valence-electron chi connectivity index (χ4n) is 3.10. The van der Waals surface area contributed by atoms with Crippen LogP contribution in [0, 0.1) is 13.8 Å². The number of nitrogens with zero attached hydrogens (tertiary/aromatic N) is 4. The molecular weight excluding hydrogens is 326 g/mol. The lowest BCUT2D eigenvalue weighted by Gasteiger charge is -2.11. The lowest BCUT2D eigenvalue weighted by Crippen LogP contribution is -2.13. The maximum absolute atomic E-state index is 12.7. The van der Waals surface area contributed by atoms with Crippen LogP contribution in [0.3, 0.4) is 0 Å². The molecule has 6 heteroatoms. The highest BCUT2D eigenvalue weighted by Gasteiger charge is 2.12. The van der Waals surface area contributed by atoms with E-state index in [9.17, 15) is 4.79 Å². The molecule has 4 aromatic rings. The molecule has 26 heavy (non-hydrogen) atoms. The van der Waals surface area contributed by atoms with Crippen LogP contribution in [-0.4, -0.2) is 25.2 Å². The fourth-order valence-corrected chi connectivity index (χ4v) is 3.10. The Labute approximate surface area is 151 Å². The van der Waals surface area contributed by atoms with Crippen molar-refractivity contribution >= 4 is 22.6 Å². The van der Waals surface area contributed by atoms with E-state index in [1.165, 1.54) is 0 Å². The van der Waals surface area contributed by atoms with Crippen LogP contribution in [0.25, 0.3) is 16.7 Å². The summed E-state index contributed by atoms with van der Waals surface area (Å²) in [6.45, 7) is 3.96. The number of aromatic nitrogens is 4. The summed E-state index contributed by atoms with van der Waals surface area (Å²) >= 11 is 0. The molecule has 0 atom stereocenters. The van der Waals surface area contributed by atoms with Gasteiger partial charge in [0.15, 0.2) is 5.65 Å². The van der Waals surface area contributed by atoms with Gasteiger partial charge in [0.05, 0.1) is 17.6 Å². The Bertz CT molecular complexity index is 1110. The van der Waals surface area contributed by atoms with Crippen LogP contribution in [-0.2, 0) is 7.05 Å². The molecule has 3 aromatic heterocycles. The third kappa shape index (κ3) is 2.75. The maximum Gasteiger partial charge on any atom is 0.255 e. The standard InChI is InChI=1S/C20H19N5O/c1-13-6-7-15(10-18(13)25-8-4-5-9-25)20(26)22-16-11-17-14(2)23-24(3)19(17)21-12-16/h4-12H,1-3H3,(H,22,26). The Balaban J connectivity index is 1.64. The summed E-state index contributed by atoms with van der Waals surface area (Å²) in [6.07, 6.45) is 5.59. The molecule has 1 aromatic carbocycles. The molecule has 3 heterocycles. The van der Waals surface area contributed by atoms with E-state index >= 15 is 0 Å². The van der Waals surface area contributed by atoms with Crippen molar-refractivity contribution in [2.24, 2.45) is 7.05 Å². The van der Waals surface area contributed by atoms with E-state index in [4.69, 9.17) is 0 Å². The lowest BCUT2D eigenvalue weighted by atomic mass is 10.1. The second kappa shape index (κ2) is 6.15. The summed E-state index contributed by atoms with van der Waals surface area (Å²) in [4.78, 5) is 17.1. The summed E-state index contributed by atoms with van der Waals surface area (Å²) < 4.78 is 3.73. The van der Waals surface area contributed by atoms with Crippen LogP contribution in [0.1, 0.15) is 21.6 Å². The van der Waals surface area contributed by atoms with Crippen molar-refractivity contribution in [3.8, 4) is 5.69 Å². The van der Waals surface area contributed by atoms with Gasteiger partial charge in [0, 0.05) is 36.1 Å². The molecule has 0 aliphatic heterocycles. The molecule has 130 valence electrons. The first-order chi connectivity index (χ1) is 12.5. The predicted molar refractivity (Wildman–Crippen MR) is 102 cm³/mol. The van der Waals surface area contributed by atoms with Gasteiger partial charge in [-0.15, -0.1) is 0 Å². The summed E-state index contributed by atoms with van der Waals surface area (Å²) in [7, 11) is 1.86. The van der Waals surface area contributed by atoms with Crippen molar-refractivity contribution in [3.05, 3.63) is 71.8 Å². The quantitative estimate of drug-likeness (QED) is 0.617. The van der Waals surface area contributed by atoms with Crippen LogP contribution >= 0.6 is 0 Å². The van der Waals surface area contributed by atoms with Crippen LogP contribution in [0.5, 0.6) is 0 Å². The van der Waals surface area contributed by atoms with E-state index in [-0.39, 0.29) is 5.91 Å². The molecule has 0 saturated carbocycles. The number of nitrogens with one attached hydrogen (secondary N) is 1. The lowest BCUT2D eigenvalue weighted by molar-refractivity contribution is 0.102. The van der Waals surface area contributed by atoms with Crippen LogP contribution in [0.2, 0.25) is 0 Å². The smallest absolute Gasteiger partial charge is 0.255 e. The molecule has 0 spiro atoms. The second-order valence-electron chi connectivity index (χ2n) is 6.35. The van der Waals surface area contributed by atoms with Gasteiger partial charge >= 0.3 is 0 Å². The number of fused-ring (bicyclic) bond motifs is 1. The molecular formula is C20H19N5O.